The molecule has 2 rings (SSSR count). The van der Waals surface area contributed by atoms with Crippen LogP contribution >= 0.6 is 0 Å². The molecule has 1 heterocycles. The summed E-state index contributed by atoms with van der Waals surface area (Å²) in [5, 5.41) is 9.22. The first-order valence-corrected chi connectivity index (χ1v) is 5.48. The van der Waals surface area contributed by atoms with Crippen LogP contribution in [0.15, 0.2) is 24.3 Å². The monoisotopic (exact) mass is 233 g/mol. The van der Waals surface area contributed by atoms with Gasteiger partial charge in [-0.25, -0.2) is 4.39 Å². The number of carbonyl (C=O) groups excluding carboxylic acids is 1. The van der Waals surface area contributed by atoms with Crippen LogP contribution in [-0.4, -0.2) is 19.0 Å². The third-order valence-electron chi connectivity index (χ3n) is 3.11. The Hall–Kier alpha value is -1.73. The summed E-state index contributed by atoms with van der Waals surface area (Å²) in [4.78, 5) is 12.3. The molecule has 88 valence electrons. The second kappa shape index (κ2) is 4.64. The zero-order valence-electron chi connectivity index (χ0n) is 9.28. The van der Waals surface area contributed by atoms with Gasteiger partial charge in [-0.05, 0) is 25.0 Å². The standard InChI is InChI=1S/C13H12FNO2/c14-11-4-2-1-3-10(11)12(16)13(9-15)5-7-17-8-6-13/h1-4H,5-8H2. The fourth-order valence-corrected chi connectivity index (χ4v) is 2.01. The third-order valence-corrected chi connectivity index (χ3v) is 3.11. The van der Waals surface area contributed by atoms with E-state index in [1.165, 1.54) is 18.2 Å². The first-order valence-electron chi connectivity index (χ1n) is 5.48. The van der Waals surface area contributed by atoms with E-state index in [1.807, 2.05) is 6.07 Å². The number of Topliss-reactive ketones (excluding diaryl/α,β-unsaturated/α-hetero) is 1. The lowest BCUT2D eigenvalue weighted by Gasteiger charge is -2.29. The van der Waals surface area contributed by atoms with Crippen LogP contribution < -0.4 is 0 Å². The van der Waals surface area contributed by atoms with E-state index in [1.54, 1.807) is 6.07 Å². The summed E-state index contributed by atoms with van der Waals surface area (Å²) in [6.45, 7) is 0.738. The lowest BCUT2D eigenvalue weighted by molar-refractivity contribution is 0.0353. The molecule has 0 bridgehead atoms. The van der Waals surface area contributed by atoms with Crippen molar-refractivity contribution < 1.29 is 13.9 Å². The molecule has 17 heavy (non-hydrogen) atoms. The Morgan fingerprint density at radius 1 is 1.35 bits per heavy atom. The quantitative estimate of drug-likeness (QED) is 0.736. The summed E-state index contributed by atoms with van der Waals surface area (Å²) < 4.78 is 18.7. The van der Waals surface area contributed by atoms with Gasteiger partial charge in [0.1, 0.15) is 11.2 Å². The predicted molar refractivity (Wildman–Crippen MR) is 58.8 cm³/mol. The molecule has 1 fully saturated rings. The number of nitriles is 1. The van der Waals surface area contributed by atoms with Gasteiger partial charge in [-0.1, -0.05) is 12.1 Å². The van der Waals surface area contributed by atoms with Crippen LogP contribution in [0, 0.1) is 22.6 Å². The third kappa shape index (κ3) is 2.06. The van der Waals surface area contributed by atoms with E-state index in [2.05, 4.69) is 0 Å². The number of rotatable bonds is 2. The zero-order chi connectivity index (χ0) is 12.3. The summed E-state index contributed by atoms with van der Waals surface area (Å²) in [5.74, 6) is -1.000. The minimum absolute atomic E-state index is 0.00375. The molecule has 0 radical (unpaired) electrons. The highest BCUT2D eigenvalue weighted by Gasteiger charge is 2.41. The maximum atomic E-state index is 13.5. The van der Waals surface area contributed by atoms with Gasteiger partial charge in [0.2, 0.25) is 0 Å². The van der Waals surface area contributed by atoms with Gasteiger partial charge in [-0.3, -0.25) is 4.79 Å². The highest BCUT2D eigenvalue weighted by molar-refractivity contribution is 6.02. The van der Waals surface area contributed by atoms with Gasteiger partial charge < -0.3 is 4.74 Å². The van der Waals surface area contributed by atoms with Crippen molar-refractivity contribution >= 4 is 5.78 Å². The maximum Gasteiger partial charge on any atom is 0.186 e. The highest BCUT2D eigenvalue weighted by atomic mass is 19.1. The van der Waals surface area contributed by atoms with E-state index in [0.717, 1.165) is 0 Å². The normalized spacial score (nSPS) is 18.4. The number of halogens is 1. The van der Waals surface area contributed by atoms with E-state index < -0.39 is 17.0 Å². The Kier molecular flexibility index (Phi) is 3.21. The van der Waals surface area contributed by atoms with E-state index >= 15 is 0 Å². The van der Waals surface area contributed by atoms with Crippen molar-refractivity contribution in [2.45, 2.75) is 12.8 Å². The van der Waals surface area contributed by atoms with E-state index in [9.17, 15) is 14.4 Å². The topological polar surface area (TPSA) is 50.1 Å². The Balaban J connectivity index is 2.36. The van der Waals surface area contributed by atoms with Crippen LogP contribution in [0.25, 0.3) is 0 Å². The number of ketones is 1. The molecule has 1 aromatic rings. The predicted octanol–water partition coefficient (Wildman–Crippen LogP) is 2.33. The molecule has 0 aliphatic carbocycles. The van der Waals surface area contributed by atoms with Crippen molar-refractivity contribution in [2.75, 3.05) is 13.2 Å². The molecule has 1 aromatic carbocycles. The number of carbonyl (C=O) groups is 1. The van der Waals surface area contributed by atoms with Crippen molar-refractivity contribution in [3.8, 4) is 6.07 Å². The number of hydrogen-bond acceptors (Lipinski definition) is 3. The average molecular weight is 233 g/mol. The second-order valence-corrected chi connectivity index (χ2v) is 4.12. The summed E-state index contributed by atoms with van der Waals surface area (Å²) in [7, 11) is 0. The molecule has 0 unspecified atom stereocenters. The van der Waals surface area contributed by atoms with Gasteiger partial charge in [-0.15, -0.1) is 0 Å². The second-order valence-electron chi connectivity index (χ2n) is 4.12. The Morgan fingerprint density at radius 3 is 2.59 bits per heavy atom. The first-order chi connectivity index (χ1) is 8.19. The Bertz CT molecular complexity index is 473. The van der Waals surface area contributed by atoms with Crippen molar-refractivity contribution in [1.82, 2.24) is 0 Å². The lowest BCUT2D eigenvalue weighted by atomic mass is 9.75. The Morgan fingerprint density at radius 2 is 2.00 bits per heavy atom. The molecule has 0 aromatic heterocycles. The van der Waals surface area contributed by atoms with Gasteiger partial charge >= 0.3 is 0 Å². The smallest absolute Gasteiger partial charge is 0.186 e. The minimum atomic E-state index is -1.12. The molecular formula is C13H12FNO2. The van der Waals surface area contributed by atoms with Crippen LogP contribution in [-0.2, 0) is 4.74 Å². The zero-order valence-corrected chi connectivity index (χ0v) is 9.28. The molecule has 0 amide bonds. The van der Waals surface area contributed by atoms with Gasteiger partial charge in [-0.2, -0.15) is 5.26 Å². The van der Waals surface area contributed by atoms with Gasteiger partial charge in [0, 0.05) is 13.2 Å². The molecule has 1 aliphatic rings. The number of ether oxygens (including phenoxy) is 1. The molecule has 4 heteroatoms. The fraction of sp³-hybridized carbons (Fsp3) is 0.385. The number of hydrogen-bond donors (Lipinski definition) is 0. The molecular weight excluding hydrogens is 221 g/mol. The summed E-state index contributed by atoms with van der Waals surface area (Å²) in [6.07, 6.45) is 0.660. The van der Waals surface area contributed by atoms with E-state index in [0.29, 0.717) is 26.1 Å². The van der Waals surface area contributed by atoms with Gasteiger partial charge in [0.15, 0.2) is 5.78 Å². The molecule has 0 saturated carbocycles. The molecule has 1 aliphatic heterocycles. The molecule has 3 nitrogen and oxygen atoms in total. The van der Waals surface area contributed by atoms with Crippen molar-refractivity contribution in [1.29, 1.82) is 5.26 Å². The Labute approximate surface area is 98.8 Å². The van der Waals surface area contributed by atoms with Crippen LogP contribution in [0.1, 0.15) is 23.2 Å². The maximum absolute atomic E-state index is 13.5. The molecule has 1 saturated heterocycles. The largest absolute Gasteiger partial charge is 0.381 e. The highest BCUT2D eigenvalue weighted by Crippen LogP contribution is 2.34. The summed E-state index contributed by atoms with van der Waals surface area (Å²) in [5.41, 5.74) is -1.13. The number of benzene rings is 1. The fourth-order valence-electron chi connectivity index (χ4n) is 2.01. The average Bonchev–Trinajstić information content (AvgIpc) is 2.39. The van der Waals surface area contributed by atoms with Crippen molar-refractivity contribution in [2.24, 2.45) is 5.41 Å². The van der Waals surface area contributed by atoms with Crippen LogP contribution in [0.5, 0.6) is 0 Å². The molecule has 0 atom stereocenters. The molecule has 0 spiro atoms. The SMILES string of the molecule is N#CC1(C(=O)c2ccccc2F)CCOCC1. The summed E-state index contributed by atoms with van der Waals surface area (Å²) in [6, 6.07) is 7.82. The summed E-state index contributed by atoms with van der Waals surface area (Å²) >= 11 is 0. The van der Waals surface area contributed by atoms with Crippen LogP contribution in [0.4, 0.5) is 4.39 Å². The molecule has 0 N–H and O–H groups in total. The van der Waals surface area contributed by atoms with Gasteiger partial charge in [0.25, 0.3) is 0 Å². The first kappa shape index (κ1) is 11.7. The van der Waals surface area contributed by atoms with Crippen molar-refractivity contribution in [3.05, 3.63) is 35.6 Å². The van der Waals surface area contributed by atoms with Crippen LogP contribution in [0.2, 0.25) is 0 Å². The van der Waals surface area contributed by atoms with Crippen LogP contribution in [0.3, 0.4) is 0 Å². The van der Waals surface area contributed by atoms with E-state index in [-0.39, 0.29) is 5.56 Å². The van der Waals surface area contributed by atoms with Gasteiger partial charge in [0.05, 0.1) is 11.6 Å². The minimum Gasteiger partial charge on any atom is -0.381 e. The van der Waals surface area contributed by atoms with E-state index in [4.69, 9.17) is 4.74 Å². The van der Waals surface area contributed by atoms with Crippen molar-refractivity contribution in [3.63, 3.8) is 0 Å². The lowest BCUT2D eigenvalue weighted by Crippen LogP contribution is -2.36. The number of nitrogens with zero attached hydrogens (tertiary/aromatic N) is 1.